The fraction of sp³-hybridized carbons (Fsp3) is 0.647. The minimum atomic E-state index is 0.594. The second-order valence-corrected chi connectivity index (χ2v) is 7.06. The maximum Gasteiger partial charge on any atom is 0.0566 e. The third-order valence-corrected chi connectivity index (χ3v) is 5.57. The van der Waals surface area contributed by atoms with Gasteiger partial charge in [0.15, 0.2) is 0 Å². The normalized spacial score (nSPS) is 25.1. The number of allylic oxidation sites excluding steroid dienone is 2. The molecule has 0 amide bonds. The molecule has 1 fully saturated rings. The highest BCUT2D eigenvalue weighted by Gasteiger charge is 2.24. The van der Waals surface area contributed by atoms with Crippen LogP contribution >= 0.6 is 11.3 Å². The highest BCUT2D eigenvalue weighted by molar-refractivity contribution is 7.10. The van der Waals surface area contributed by atoms with Crippen molar-refractivity contribution in [2.75, 3.05) is 26.2 Å². The number of rotatable bonds is 6. The lowest BCUT2D eigenvalue weighted by Gasteiger charge is -2.28. The van der Waals surface area contributed by atoms with Gasteiger partial charge in [-0.05, 0) is 69.1 Å². The predicted octanol–water partition coefficient (Wildman–Crippen LogP) is 3.83. The topological polar surface area (TPSA) is 15.3 Å². The summed E-state index contributed by atoms with van der Waals surface area (Å²) in [5, 5.41) is 5.96. The Morgan fingerprint density at radius 2 is 2.20 bits per heavy atom. The van der Waals surface area contributed by atoms with Gasteiger partial charge in [0.2, 0.25) is 0 Å². The maximum absolute atomic E-state index is 3.75. The standard InChI is InChI=1S/C17H26N2S/c1-2-7-15(8-3-1)13-18-14-16(17-9-6-12-20-17)19-10-4-5-11-19/h1-2,6,9,12,15-16,18H,3-5,7-8,10-11,13-14H2. The van der Waals surface area contributed by atoms with E-state index >= 15 is 0 Å². The second-order valence-electron chi connectivity index (χ2n) is 6.08. The van der Waals surface area contributed by atoms with Crippen LogP contribution < -0.4 is 5.32 Å². The summed E-state index contributed by atoms with van der Waals surface area (Å²) in [4.78, 5) is 4.20. The van der Waals surface area contributed by atoms with Crippen molar-refractivity contribution in [3.63, 3.8) is 0 Å². The minimum Gasteiger partial charge on any atom is -0.315 e. The van der Waals surface area contributed by atoms with Gasteiger partial charge in [-0.1, -0.05) is 18.2 Å². The van der Waals surface area contributed by atoms with E-state index < -0.39 is 0 Å². The summed E-state index contributed by atoms with van der Waals surface area (Å²) in [6.45, 7) is 4.84. The molecule has 1 aliphatic carbocycles. The Morgan fingerprint density at radius 1 is 1.30 bits per heavy atom. The van der Waals surface area contributed by atoms with Crippen molar-refractivity contribution in [2.24, 2.45) is 5.92 Å². The summed E-state index contributed by atoms with van der Waals surface area (Å²) >= 11 is 1.91. The summed E-state index contributed by atoms with van der Waals surface area (Å²) in [6, 6.07) is 5.09. The highest BCUT2D eigenvalue weighted by atomic mass is 32.1. The molecule has 2 aliphatic rings. The van der Waals surface area contributed by atoms with Crippen molar-refractivity contribution in [1.29, 1.82) is 0 Å². The number of nitrogens with one attached hydrogen (secondary N) is 1. The monoisotopic (exact) mass is 290 g/mol. The van der Waals surface area contributed by atoms with Crippen LogP contribution in [0.5, 0.6) is 0 Å². The molecule has 20 heavy (non-hydrogen) atoms. The summed E-state index contributed by atoms with van der Waals surface area (Å²) in [5.74, 6) is 0.850. The molecule has 0 saturated carbocycles. The lowest BCUT2D eigenvalue weighted by Crippen LogP contribution is -2.35. The molecule has 2 unspecified atom stereocenters. The van der Waals surface area contributed by atoms with Gasteiger partial charge in [0, 0.05) is 11.4 Å². The lowest BCUT2D eigenvalue weighted by molar-refractivity contribution is 0.238. The molecule has 1 saturated heterocycles. The molecule has 1 aliphatic heterocycles. The average Bonchev–Trinajstić information content (AvgIpc) is 3.18. The van der Waals surface area contributed by atoms with Gasteiger partial charge in [0.05, 0.1) is 6.04 Å². The Bertz CT molecular complexity index is 407. The SMILES string of the molecule is C1=CCC(CNCC(c2cccs2)N2CCCC2)CC1. The molecule has 0 bridgehead atoms. The van der Waals surface area contributed by atoms with Gasteiger partial charge in [-0.2, -0.15) is 0 Å². The number of hydrogen-bond acceptors (Lipinski definition) is 3. The number of nitrogens with zero attached hydrogens (tertiary/aromatic N) is 1. The van der Waals surface area contributed by atoms with E-state index in [0.29, 0.717) is 6.04 Å². The molecule has 0 radical (unpaired) electrons. The van der Waals surface area contributed by atoms with E-state index in [-0.39, 0.29) is 0 Å². The van der Waals surface area contributed by atoms with Gasteiger partial charge in [-0.25, -0.2) is 0 Å². The summed E-state index contributed by atoms with van der Waals surface area (Å²) in [7, 11) is 0. The average molecular weight is 290 g/mol. The predicted molar refractivity (Wildman–Crippen MR) is 87.2 cm³/mol. The molecule has 1 aromatic heterocycles. The molecule has 2 nitrogen and oxygen atoms in total. The molecular formula is C17H26N2S. The van der Waals surface area contributed by atoms with Gasteiger partial charge in [-0.15, -0.1) is 11.3 Å². The molecule has 110 valence electrons. The Kier molecular flexibility index (Phi) is 5.29. The Balaban J connectivity index is 1.52. The number of hydrogen-bond donors (Lipinski definition) is 1. The van der Waals surface area contributed by atoms with Crippen molar-refractivity contribution in [3.05, 3.63) is 34.5 Å². The van der Waals surface area contributed by atoms with Crippen molar-refractivity contribution in [3.8, 4) is 0 Å². The maximum atomic E-state index is 3.75. The van der Waals surface area contributed by atoms with Crippen LogP contribution in [0.3, 0.4) is 0 Å². The van der Waals surface area contributed by atoms with Gasteiger partial charge in [-0.3, -0.25) is 4.90 Å². The molecular weight excluding hydrogens is 264 g/mol. The zero-order valence-electron chi connectivity index (χ0n) is 12.3. The quantitative estimate of drug-likeness (QED) is 0.801. The van der Waals surface area contributed by atoms with Crippen LogP contribution in [0.15, 0.2) is 29.7 Å². The molecule has 2 heterocycles. The first-order valence-electron chi connectivity index (χ1n) is 8.06. The molecule has 3 heteroatoms. The van der Waals surface area contributed by atoms with Gasteiger partial charge in [0.25, 0.3) is 0 Å². The molecule has 1 N–H and O–H groups in total. The van der Waals surface area contributed by atoms with E-state index in [2.05, 4.69) is 39.9 Å². The number of thiophene rings is 1. The number of likely N-dealkylation sites (tertiary alicyclic amines) is 1. The first-order chi connectivity index (χ1) is 9.93. The van der Waals surface area contributed by atoms with E-state index in [1.165, 1.54) is 56.6 Å². The van der Waals surface area contributed by atoms with Crippen LogP contribution in [-0.2, 0) is 0 Å². The van der Waals surface area contributed by atoms with E-state index in [1.807, 2.05) is 11.3 Å². The zero-order chi connectivity index (χ0) is 13.6. The summed E-state index contributed by atoms with van der Waals surface area (Å²) in [5.41, 5.74) is 0. The zero-order valence-corrected chi connectivity index (χ0v) is 13.1. The second kappa shape index (κ2) is 7.39. The molecule has 0 aromatic carbocycles. The Hall–Kier alpha value is -0.640. The molecule has 2 atom stereocenters. The van der Waals surface area contributed by atoms with Crippen LogP contribution in [0.25, 0.3) is 0 Å². The van der Waals surface area contributed by atoms with Crippen LogP contribution in [0.1, 0.15) is 43.0 Å². The third kappa shape index (κ3) is 3.72. The van der Waals surface area contributed by atoms with E-state index in [4.69, 9.17) is 0 Å². The molecule has 0 spiro atoms. The Labute approximate surface area is 126 Å². The van der Waals surface area contributed by atoms with E-state index in [0.717, 1.165) is 12.5 Å². The van der Waals surface area contributed by atoms with Crippen molar-refractivity contribution in [1.82, 2.24) is 10.2 Å². The van der Waals surface area contributed by atoms with Gasteiger partial charge < -0.3 is 5.32 Å². The van der Waals surface area contributed by atoms with E-state index in [9.17, 15) is 0 Å². The first-order valence-corrected chi connectivity index (χ1v) is 8.94. The molecule has 3 rings (SSSR count). The largest absolute Gasteiger partial charge is 0.315 e. The third-order valence-electron chi connectivity index (χ3n) is 4.60. The summed E-state index contributed by atoms with van der Waals surface area (Å²) in [6.07, 6.45) is 11.3. The van der Waals surface area contributed by atoms with Crippen molar-refractivity contribution >= 4 is 11.3 Å². The lowest BCUT2D eigenvalue weighted by atomic mass is 9.94. The van der Waals surface area contributed by atoms with Crippen molar-refractivity contribution in [2.45, 2.75) is 38.1 Å². The first kappa shape index (κ1) is 14.3. The van der Waals surface area contributed by atoms with Crippen LogP contribution in [0, 0.1) is 5.92 Å². The Morgan fingerprint density at radius 3 is 2.90 bits per heavy atom. The van der Waals surface area contributed by atoms with Crippen LogP contribution in [0.4, 0.5) is 0 Å². The van der Waals surface area contributed by atoms with E-state index in [1.54, 1.807) is 0 Å². The van der Waals surface area contributed by atoms with Crippen molar-refractivity contribution < 1.29 is 0 Å². The van der Waals surface area contributed by atoms with Gasteiger partial charge >= 0.3 is 0 Å². The van der Waals surface area contributed by atoms with Crippen LogP contribution in [-0.4, -0.2) is 31.1 Å². The summed E-state index contributed by atoms with van der Waals surface area (Å²) < 4.78 is 0. The van der Waals surface area contributed by atoms with Gasteiger partial charge in [0.1, 0.15) is 0 Å². The highest BCUT2D eigenvalue weighted by Crippen LogP contribution is 2.28. The smallest absolute Gasteiger partial charge is 0.0566 e. The van der Waals surface area contributed by atoms with Crippen LogP contribution in [0.2, 0.25) is 0 Å². The fourth-order valence-electron chi connectivity index (χ4n) is 3.41. The molecule has 1 aromatic rings. The minimum absolute atomic E-state index is 0.594. The fourth-order valence-corrected chi connectivity index (χ4v) is 4.27.